The van der Waals surface area contributed by atoms with E-state index in [-0.39, 0.29) is 59.5 Å². The molecule has 10 nitrogen and oxygen atoms in total. The van der Waals surface area contributed by atoms with E-state index < -0.39 is 41.1 Å². The minimum atomic E-state index is -1.10. The van der Waals surface area contributed by atoms with Crippen molar-refractivity contribution >= 4 is 29.5 Å². The molecular formula is C36H59N5O5. The van der Waals surface area contributed by atoms with Crippen molar-refractivity contribution < 1.29 is 24.0 Å². The molecular weight excluding hydrogens is 582 g/mol. The number of amides is 5. The monoisotopic (exact) mass is 641 g/mol. The molecule has 0 aromatic carbocycles. The summed E-state index contributed by atoms with van der Waals surface area (Å²) in [4.78, 5) is 68.9. The minimum Gasteiger partial charge on any atom is -0.350 e. The number of hydrogen-bond acceptors (Lipinski definition) is 5. The molecule has 0 spiro atoms. The summed E-state index contributed by atoms with van der Waals surface area (Å²) in [6, 6.07) is -3.19. The van der Waals surface area contributed by atoms with Crippen LogP contribution >= 0.6 is 0 Å². The molecule has 2 saturated carbocycles. The van der Waals surface area contributed by atoms with Gasteiger partial charge < -0.3 is 26.2 Å². The van der Waals surface area contributed by atoms with Gasteiger partial charge in [0.25, 0.3) is 5.91 Å². The number of piperidine rings is 1. The van der Waals surface area contributed by atoms with E-state index in [0.29, 0.717) is 6.54 Å². The van der Waals surface area contributed by atoms with Gasteiger partial charge in [-0.2, -0.15) is 0 Å². The van der Waals surface area contributed by atoms with E-state index in [1.165, 1.54) is 0 Å². The molecule has 3 aliphatic rings. The average molecular weight is 642 g/mol. The molecule has 10 heteroatoms. The number of Topliss-reactive ketones (excluding diaryl/α,β-unsaturated/α-hetero) is 1. The van der Waals surface area contributed by atoms with Gasteiger partial charge in [-0.25, -0.2) is 4.79 Å². The standard InChI is InChI=1S/C36H59N5O5/c1-11-13-17-24(27(42)30(44)37-12-2)38-29(43)26-25-23(35(25,9)10)22-41(26)31(45)28(34(6,7)8)39-32(46)40-36(18-15-14-16-19-36)21-20-33(3,4)5/h1,23-26,28H,12-22H2,2-10H3,(H,37,44)(H,38,43)(H2,39,40,46)/t23?,24?,25-,26-,28+/m0/s1. The number of carbonyl (C=O) groups is 5. The molecule has 1 saturated heterocycles. The Morgan fingerprint density at radius 3 is 2.15 bits per heavy atom. The summed E-state index contributed by atoms with van der Waals surface area (Å²) in [5.74, 6) is 0.119. The number of ketones is 1. The SMILES string of the molecule is C#CCCC(NC(=O)[C@@H]1[C@@H]2C(CN1C(=O)[C@@H](NC(=O)NC1(CCC(C)(C)C)CCCCC1)C(C)(C)C)C2(C)C)C(=O)C(=O)NCC. The summed E-state index contributed by atoms with van der Waals surface area (Å²) in [6.07, 6.45) is 12.7. The van der Waals surface area contributed by atoms with Crippen molar-refractivity contribution in [1.82, 2.24) is 26.2 Å². The summed E-state index contributed by atoms with van der Waals surface area (Å²) >= 11 is 0. The zero-order chi connectivity index (χ0) is 34.7. The minimum absolute atomic E-state index is 0.104. The smallest absolute Gasteiger partial charge is 0.315 e. The highest BCUT2D eigenvalue weighted by atomic mass is 16.2. The Hall–Kier alpha value is -3.09. The van der Waals surface area contributed by atoms with Crippen LogP contribution in [0.1, 0.15) is 120 Å². The first-order chi connectivity index (χ1) is 21.3. The second kappa shape index (κ2) is 14.4. The first-order valence-corrected chi connectivity index (χ1v) is 17.2. The zero-order valence-corrected chi connectivity index (χ0v) is 29.7. The van der Waals surface area contributed by atoms with Crippen molar-refractivity contribution in [2.24, 2.45) is 28.1 Å². The van der Waals surface area contributed by atoms with Gasteiger partial charge in [0.15, 0.2) is 0 Å². The summed E-state index contributed by atoms with van der Waals surface area (Å²) < 4.78 is 0. The second-order valence-corrected chi connectivity index (χ2v) is 16.7. The predicted octanol–water partition coefficient (Wildman–Crippen LogP) is 4.32. The van der Waals surface area contributed by atoms with Gasteiger partial charge in [-0.1, -0.05) is 74.7 Å². The van der Waals surface area contributed by atoms with Crippen LogP contribution in [0.2, 0.25) is 0 Å². The lowest BCUT2D eigenvalue weighted by Crippen LogP contribution is -2.63. The van der Waals surface area contributed by atoms with Crippen LogP contribution in [0.3, 0.4) is 0 Å². The topological polar surface area (TPSA) is 137 Å². The third-order valence-corrected chi connectivity index (χ3v) is 10.5. The summed E-state index contributed by atoms with van der Waals surface area (Å²) in [7, 11) is 0. The van der Waals surface area contributed by atoms with Gasteiger partial charge in [-0.15, -0.1) is 12.3 Å². The average Bonchev–Trinajstić information content (AvgIpc) is 3.27. The molecule has 2 unspecified atom stereocenters. The Morgan fingerprint density at radius 2 is 1.61 bits per heavy atom. The number of fused-ring (bicyclic) bond motifs is 1. The number of nitrogens with one attached hydrogen (secondary N) is 4. The maximum atomic E-state index is 14.4. The lowest BCUT2D eigenvalue weighted by Gasteiger charge is -2.41. The summed E-state index contributed by atoms with van der Waals surface area (Å²) in [5.41, 5.74) is -0.991. The fourth-order valence-electron chi connectivity index (χ4n) is 7.48. The van der Waals surface area contributed by atoms with Gasteiger partial charge in [-0.3, -0.25) is 19.2 Å². The van der Waals surface area contributed by atoms with E-state index in [9.17, 15) is 24.0 Å². The van der Waals surface area contributed by atoms with Gasteiger partial charge in [0.2, 0.25) is 17.6 Å². The van der Waals surface area contributed by atoms with E-state index in [4.69, 9.17) is 6.42 Å². The highest BCUT2D eigenvalue weighted by molar-refractivity contribution is 6.38. The predicted molar refractivity (Wildman–Crippen MR) is 179 cm³/mol. The summed E-state index contributed by atoms with van der Waals surface area (Å²) in [5, 5.41) is 11.6. The van der Waals surface area contributed by atoms with Crippen LogP contribution in [0.15, 0.2) is 0 Å². The molecule has 3 rings (SSSR count). The first kappa shape index (κ1) is 37.4. The van der Waals surface area contributed by atoms with Crippen LogP contribution in [0.5, 0.6) is 0 Å². The van der Waals surface area contributed by atoms with Crippen LogP contribution in [0.4, 0.5) is 4.79 Å². The molecule has 1 aliphatic heterocycles. The van der Waals surface area contributed by atoms with Crippen molar-refractivity contribution in [3.05, 3.63) is 0 Å². The van der Waals surface area contributed by atoms with Gasteiger partial charge in [0.1, 0.15) is 12.1 Å². The van der Waals surface area contributed by atoms with Crippen LogP contribution in [-0.2, 0) is 19.2 Å². The number of terminal acetylenes is 1. The van der Waals surface area contributed by atoms with Crippen molar-refractivity contribution in [2.45, 2.75) is 144 Å². The Kier molecular flexibility index (Phi) is 11.7. The normalized spacial score (nSPS) is 24.4. The fraction of sp³-hybridized carbons (Fsp3) is 0.806. The van der Waals surface area contributed by atoms with E-state index in [2.05, 4.69) is 61.8 Å². The molecule has 5 atom stereocenters. The molecule has 3 fully saturated rings. The van der Waals surface area contributed by atoms with E-state index in [1.807, 2.05) is 20.8 Å². The molecule has 0 aromatic heterocycles. The van der Waals surface area contributed by atoms with E-state index in [1.54, 1.807) is 11.8 Å². The number of urea groups is 1. The van der Waals surface area contributed by atoms with Crippen molar-refractivity contribution in [3.8, 4) is 12.3 Å². The number of rotatable bonds is 12. The maximum absolute atomic E-state index is 14.4. The highest BCUT2D eigenvalue weighted by Gasteiger charge is 2.70. The van der Waals surface area contributed by atoms with Gasteiger partial charge in [-0.05, 0) is 67.1 Å². The first-order valence-electron chi connectivity index (χ1n) is 17.2. The van der Waals surface area contributed by atoms with Crippen LogP contribution < -0.4 is 21.3 Å². The Bertz CT molecular complexity index is 1200. The van der Waals surface area contributed by atoms with Gasteiger partial charge in [0.05, 0.1) is 6.04 Å². The third-order valence-electron chi connectivity index (χ3n) is 10.5. The van der Waals surface area contributed by atoms with Crippen molar-refractivity contribution in [2.75, 3.05) is 13.1 Å². The quantitative estimate of drug-likeness (QED) is 0.186. The Morgan fingerprint density at radius 1 is 0.978 bits per heavy atom. The molecule has 5 amide bonds. The Balaban J connectivity index is 1.83. The molecule has 2 aliphatic carbocycles. The van der Waals surface area contributed by atoms with Crippen molar-refractivity contribution in [3.63, 3.8) is 0 Å². The van der Waals surface area contributed by atoms with Gasteiger partial charge in [0, 0.05) is 25.0 Å². The number of likely N-dealkylation sites (N-methyl/N-ethyl adjacent to an activating group) is 1. The van der Waals surface area contributed by atoms with E-state index >= 15 is 0 Å². The van der Waals surface area contributed by atoms with Crippen molar-refractivity contribution in [1.29, 1.82) is 0 Å². The maximum Gasteiger partial charge on any atom is 0.315 e. The number of hydrogen-bond donors (Lipinski definition) is 4. The van der Waals surface area contributed by atoms with Crippen LogP contribution in [0.25, 0.3) is 0 Å². The number of nitrogens with zero attached hydrogens (tertiary/aromatic N) is 1. The second-order valence-electron chi connectivity index (χ2n) is 16.7. The van der Waals surface area contributed by atoms with Crippen LogP contribution in [-0.4, -0.2) is 71.2 Å². The molecule has 46 heavy (non-hydrogen) atoms. The lowest BCUT2D eigenvalue weighted by atomic mass is 9.75. The largest absolute Gasteiger partial charge is 0.350 e. The lowest BCUT2D eigenvalue weighted by molar-refractivity contribution is -0.145. The number of carbonyl (C=O) groups excluding carboxylic acids is 5. The Labute approximate surface area is 276 Å². The van der Waals surface area contributed by atoms with E-state index in [0.717, 1.165) is 44.9 Å². The summed E-state index contributed by atoms with van der Waals surface area (Å²) in [6.45, 7) is 18.8. The third kappa shape index (κ3) is 8.83. The molecule has 258 valence electrons. The zero-order valence-electron chi connectivity index (χ0n) is 29.7. The number of likely N-dealkylation sites (tertiary alicyclic amines) is 1. The highest BCUT2D eigenvalue weighted by Crippen LogP contribution is 2.65. The molecule has 0 bridgehead atoms. The van der Waals surface area contributed by atoms with Gasteiger partial charge >= 0.3 is 6.03 Å². The van der Waals surface area contributed by atoms with Crippen LogP contribution in [0, 0.1) is 40.4 Å². The molecule has 1 heterocycles. The molecule has 0 aromatic rings. The molecule has 4 N–H and O–H groups in total. The fourth-order valence-corrected chi connectivity index (χ4v) is 7.48. The molecule has 0 radical (unpaired) electrons.